The number of esters is 2. The molecular formula is C46H90NO8P. The molecule has 0 aliphatic heterocycles. The van der Waals surface area contributed by atoms with Crippen molar-refractivity contribution in [3.63, 3.8) is 0 Å². The summed E-state index contributed by atoms with van der Waals surface area (Å²) in [6.45, 7) is 3.76. The van der Waals surface area contributed by atoms with E-state index in [4.69, 9.17) is 24.3 Å². The van der Waals surface area contributed by atoms with Crippen LogP contribution in [-0.4, -0.2) is 49.3 Å². The zero-order valence-corrected chi connectivity index (χ0v) is 37.5. The van der Waals surface area contributed by atoms with Crippen LogP contribution in [-0.2, 0) is 32.7 Å². The molecule has 56 heavy (non-hydrogen) atoms. The highest BCUT2D eigenvalue weighted by Crippen LogP contribution is 2.43. The van der Waals surface area contributed by atoms with E-state index in [0.29, 0.717) is 6.42 Å². The molecule has 0 aliphatic rings. The van der Waals surface area contributed by atoms with Gasteiger partial charge in [-0.3, -0.25) is 18.6 Å². The fourth-order valence-corrected chi connectivity index (χ4v) is 7.63. The molecule has 0 spiro atoms. The minimum absolute atomic E-state index is 0.0553. The van der Waals surface area contributed by atoms with E-state index in [0.717, 1.165) is 51.4 Å². The van der Waals surface area contributed by atoms with E-state index in [1.807, 2.05) is 0 Å². The average Bonchev–Trinajstić information content (AvgIpc) is 3.18. The second kappa shape index (κ2) is 43.3. The molecule has 10 heteroatoms. The number of rotatable bonds is 45. The molecule has 0 bridgehead atoms. The van der Waals surface area contributed by atoms with Crippen LogP contribution in [0.15, 0.2) is 12.2 Å². The summed E-state index contributed by atoms with van der Waals surface area (Å²) < 4.78 is 32.8. The Morgan fingerprint density at radius 1 is 0.518 bits per heavy atom. The third-order valence-electron chi connectivity index (χ3n) is 10.4. The van der Waals surface area contributed by atoms with E-state index in [1.54, 1.807) is 0 Å². The molecule has 1 unspecified atom stereocenters. The molecule has 0 aromatic rings. The molecule has 3 N–H and O–H groups in total. The summed E-state index contributed by atoms with van der Waals surface area (Å²) in [7, 11) is -4.37. The Morgan fingerprint density at radius 3 is 1.27 bits per heavy atom. The Balaban J connectivity index is 4.07. The first-order valence-corrected chi connectivity index (χ1v) is 25.2. The van der Waals surface area contributed by atoms with Crippen molar-refractivity contribution in [1.29, 1.82) is 0 Å². The molecular weight excluding hydrogens is 725 g/mol. The van der Waals surface area contributed by atoms with Gasteiger partial charge in [-0.2, -0.15) is 0 Å². The van der Waals surface area contributed by atoms with E-state index >= 15 is 0 Å². The van der Waals surface area contributed by atoms with Gasteiger partial charge in [-0.25, -0.2) is 4.57 Å². The number of allylic oxidation sites excluding steroid dienone is 2. The average molecular weight is 816 g/mol. The van der Waals surface area contributed by atoms with Crippen molar-refractivity contribution in [2.45, 2.75) is 245 Å². The molecule has 0 fully saturated rings. The number of unbranched alkanes of at least 4 members (excludes halogenated alkanes) is 30. The summed E-state index contributed by atoms with van der Waals surface area (Å²) in [6.07, 6.45) is 45.3. The quantitative estimate of drug-likeness (QED) is 0.0266. The molecule has 0 saturated heterocycles. The SMILES string of the molecule is CCCCCCCCC/C=C\CCCCCCCC(=O)OC[C@H](COP(=O)(O)OCCN)OC(=O)CCCCCCCCCCCCCCCCCCCCC. The zero-order valence-electron chi connectivity index (χ0n) is 36.6. The van der Waals surface area contributed by atoms with Gasteiger partial charge < -0.3 is 20.1 Å². The standard InChI is InChI=1S/C46H90NO8P/c1-3-5-7-9-11-13-15-17-19-21-22-23-25-27-29-31-33-35-37-39-46(49)55-44(43-54-56(50,51)53-41-40-47)42-52-45(48)38-36-34-32-30-28-26-24-20-18-16-14-12-10-8-6-4-2/h20,24,44H,3-19,21-23,25-43,47H2,1-2H3,(H,50,51)/b24-20-/t44-/m1/s1. The third-order valence-corrected chi connectivity index (χ3v) is 11.4. The van der Waals surface area contributed by atoms with Crippen LogP contribution in [0.5, 0.6) is 0 Å². The van der Waals surface area contributed by atoms with Crippen LogP contribution in [0.4, 0.5) is 0 Å². The minimum Gasteiger partial charge on any atom is -0.462 e. The van der Waals surface area contributed by atoms with E-state index in [-0.39, 0.29) is 38.6 Å². The van der Waals surface area contributed by atoms with Crippen molar-refractivity contribution in [1.82, 2.24) is 0 Å². The molecule has 0 saturated carbocycles. The van der Waals surface area contributed by atoms with Crippen LogP contribution in [0.25, 0.3) is 0 Å². The van der Waals surface area contributed by atoms with Gasteiger partial charge in [-0.05, 0) is 38.5 Å². The van der Waals surface area contributed by atoms with Crippen molar-refractivity contribution in [3.8, 4) is 0 Å². The van der Waals surface area contributed by atoms with Crippen molar-refractivity contribution in [3.05, 3.63) is 12.2 Å². The number of phosphoric acid groups is 1. The smallest absolute Gasteiger partial charge is 0.462 e. The fraction of sp³-hybridized carbons (Fsp3) is 0.913. The Morgan fingerprint density at radius 2 is 0.875 bits per heavy atom. The van der Waals surface area contributed by atoms with Crippen molar-refractivity contribution >= 4 is 19.8 Å². The first kappa shape index (κ1) is 54.8. The van der Waals surface area contributed by atoms with E-state index < -0.39 is 26.5 Å². The summed E-state index contributed by atoms with van der Waals surface area (Å²) in [4.78, 5) is 34.9. The molecule has 2 atom stereocenters. The molecule has 0 aliphatic carbocycles. The highest BCUT2D eigenvalue weighted by atomic mass is 31.2. The Bertz CT molecular complexity index is 933. The molecule has 9 nitrogen and oxygen atoms in total. The van der Waals surface area contributed by atoms with Gasteiger partial charge in [0, 0.05) is 19.4 Å². The summed E-state index contributed by atoms with van der Waals surface area (Å²) in [6, 6.07) is 0. The van der Waals surface area contributed by atoms with Crippen LogP contribution in [0.2, 0.25) is 0 Å². The topological polar surface area (TPSA) is 134 Å². The van der Waals surface area contributed by atoms with Gasteiger partial charge in [-0.15, -0.1) is 0 Å². The van der Waals surface area contributed by atoms with Gasteiger partial charge in [0.15, 0.2) is 6.10 Å². The van der Waals surface area contributed by atoms with Crippen LogP contribution < -0.4 is 5.73 Å². The number of carbonyl (C=O) groups is 2. The van der Waals surface area contributed by atoms with Gasteiger partial charge in [0.1, 0.15) is 6.61 Å². The lowest BCUT2D eigenvalue weighted by Crippen LogP contribution is -2.29. The first-order chi connectivity index (χ1) is 27.3. The molecule has 332 valence electrons. The zero-order chi connectivity index (χ0) is 41.1. The lowest BCUT2D eigenvalue weighted by molar-refractivity contribution is -0.161. The highest BCUT2D eigenvalue weighted by Gasteiger charge is 2.26. The van der Waals surface area contributed by atoms with Crippen LogP contribution in [0.1, 0.15) is 239 Å². The van der Waals surface area contributed by atoms with Crippen LogP contribution in [0.3, 0.4) is 0 Å². The summed E-state index contributed by atoms with van der Waals surface area (Å²) in [5.41, 5.74) is 5.36. The number of nitrogens with two attached hydrogens (primary N) is 1. The molecule has 0 heterocycles. The summed E-state index contributed by atoms with van der Waals surface area (Å²) in [5.74, 6) is -0.824. The van der Waals surface area contributed by atoms with Gasteiger partial charge >= 0.3 is 19.8 Å². The number of hydrogen-bond acceptors (Lipinski definition) is 8. The molecule has 0 aromatic carbocycles. The maximum atomic E-state index is 12.6. The monoisotopic (exact) mass is 816 g/mol. The third kappa shape index (κ3) is 42.4. The largest absolute Gasteiger partial charge is 0.472 e. The maximum absolute atomic E-state index is 12.6. The van der Waals surface area contributed by atoms with Crippen LogP contribution in [0, 0.1) is 0 Å². The number of hydrogen-bond donors (Lipinski definition) is 2. The second-order valence-corrected chi connectivity index (χ2v) is 17.4. The number of ether oxygens (including phenoxy) is 2. The predicted molar refractivity (Wildman–Crippen MR) is 234 cm³/mol. The van der Waals surface area contributed by atoms with E-state index in [1.165, 1.54) is 154 Å². The lowest BCUT2D eigenvalue weighted by Gasteiger charge is -2.19. The fourth-order valence-electron chi connectivity index (χ4n) is 6.87. The Labute approximate surface area is 345 Å². The van der Waals surface area contributed by atoms with Crippen LogP contribution >= 0.6 is 7.82 Å². The van der Waals surface area contributed by atoms with Crippen molar-refractivity contribution in [2.24, 2.45) is 5.73 Å². The predicted octanol–water partition coefficient (Wildman–Crippen LogP) is 13.8. The minimum atomic E-state index is -4.37. The second-order valence-electron chi connectivity index (χ2n) is 16.0. The number of phosphoric ester groups is 1. The molecule has 0 radical (unpaired) electrons. The number of carbonyl (C=O) groups excluding carboxylic acids is 2. The van der Waals surface area contributed by atoms with Gasteiger partial charge in [0.2, 0.25) is 0 Å². The molecule has 0 amide bonds. The maximum Gasteiger partial charge on any atom is 0.472 e. The summed E-state index contributed by atoms with van der Waals surface area (Å²) in [5, 5.41) is 0. The Kier molecular flexibility index (Phi) is 42.4. The summed E-state index contributed by atoms with van der Waals surface area (Å²) >= 11 is 0. The van der Waals surface area contributed by atoms with Gasteiger partial charge in [0.25, 0.3) is 0 Å². The van der Waals surface area contributed by atoms with E-state index in [9.17, 15) is 19.0 Å². The molecule has 0 rings (SSSR count). The first-order valence-electron chi connectivity index (χ1n) is 23.7. The Hall–Kier alpha value is -1.25. The van der Waals surface area contributed by atoms with Crippen molar-refractivity contribution in [2.75, 3.05) is 26.4 Å². The van der Waals surface area contributed by atoms with Gasteiger partial charge in [-0.1, -0.05) is 199 Å². The van der Waals surface area contributed by atoms with E-state index in [2.05, 4.69) is 26.0 Å². The molecule has 0 aromatic heterocycles. The highest BCUT2D eigenvalue weighted by molar-refractivity contribution is 7.47. The van der Waals surface area contributed by atoms with Gasteiger partial charge in [0.05, 0.1) is 13.2 Å². The van der Waals surface area contributed by atoms with Crippen molar-refractivity contribution < 1.29 is 37.6 Å². The normalized spacial score (nSPS) is 13.3. The lowest BCUT2D eigenvalue weighted by atomic mass is 10.0.